The molecule has 0 spiro atoms. The Hall–Kier alpha value is -3.54. The molecule has 2 amide bonds. The first-order chi connectivity index (χ1) is 15.4. The molecule has 0 unspecified atom stereocenters. The summed E-state index contributed by atoms with van der Waals surface area (Å²) in [6.07, 6.45) is 7.68. The third-order valence-electron chi connectivity index (χ3n) is 5.88. The van der Waals surface area contributed by atoms with Crippen LogP contribution >= 0.6 is 0 Å². The number of nitrogens with zero attached hydrogens (tertiary/aromatic N) is 1. The zero-order valence-corrected chi connectivity index (χ0v) is 18.5. The molecule has 6 heteroatoms. The predicted octanol–water partition coefficient (Wildman–Crippen LogP) is 5.20. The topological polar surface area (TPSA) is 88.4 Å². The second-order valence-electron chi connectivity index (χ2n) is 8.54. The zero-order chi connectivity index (χ0) is 22.7. The fourth-order valence-electron chi connectivity index (χ4n) is 4.17. The number of fused-ring (bicyclic) bond motifs is 1. The summed E-state index contributed by atoms with van der Waals surface area (Å²) < 4.78 is 5.30. The lowest BCUT2D eigenvalue weighted by molar-refractivity contribution is 0.0679. The minimum atomic E-state index is -0.453. The van der Waals surface area contributed by atoms with E-state index < -0.39 is 5.91 Å². The van der Waals surface area contributed by atoms with E-state index in [0.29, 0.717) is 24.6 Å². The number of carbonyl (C=O) groups is 2. The lowest BCUT2D eigenvalue weighted by Gasteiger charge is -2.30. The van der Waals surface area contributed by atoms with Gasteiger partial charge in [0.05, 0.1) is 17.2 Å². The lowest BCUT2D eigenvalue weighted by Crippen LogP contribution is -2.39. The Morgan fingerprint density at radius 1 is 1.12 bits per heavy atom. The van der Waals surface area contributed by atoms with Crippen LogP contribution in [0.15, 0.2) is 54.7 Å². The minimum absolute atomic E-state index is 0.104. The first-order valence-corrected chi connectivity index (χ1v) is 11.1. The molecule has 4 rings (SSSR count). The molecule has 0 saturated carbocycles. The number of hydrogen-bond donors (Lipinski definition) is 2. The van der Waals surface area contributed by atoms with Crippen molar-refractivity contribution in [1.82, 2.24) is 9.88 Å². The number of hydrogen-bond acceptors (Lipinski definition) is 3. The summed E-state index contributed by atoms with van der Waals surface area (Å²) in [6.45, 7) is 5.11. The number of aromatic amines is 1. The summed E-state index contributed by atoms with van der Waals surface area (Å²) in [5.74, 6) is -0.0678. The molecule has 2 heterocycles. The average molecular weight is 432 g/mol. The fourth-order valence-corrected chi connectivity index (χ4v) is 4.17. The molecule has 0 bridgehead atoms. The number of ether oxygens (including phenoxy) is 1. The average Bonchev–Trinajstić information content (AvgIpc) is 3.20. The second-order valence-corrected chi connectivity index (χ2v) is 8.54. The summed E-state index contributed by atoms with van der Waals surface area (Å²) in [7, 11) is 0. The van der Waals surface area contributed by atoms with E-state index in [1.165, 1.54) is 0 Å². The highest BCUT2D eigenvalue weighted by molar-refractivity contribution is 6.08. The molecule has 1 aliphatic rings. The highest BCUT2D eigenvalue weighted by atomic mass is 16.6. The maximum Gasteiger partial charge on any atom is 0.410 e. The summed E-state index contributed by atoms with van der Waals surface area (Å²) in [5, 5.41) is 0.967. The van der Waals surface area contributed by atoms with Gasteiger partial charge >= 0.3 is 6.09 Å². The summed E-state index contributed by atoms with van der Waals surface area (Å²) in [4.78, 5) is 29.2. The van der Waals surface area contributed by atoms with Crippen LogP contribution in [0.25, 0.3) is 28.1 Å². The van der Waals surface area contributed by atoms with E-state index in [-0.39, 0.29) is 12.2 Å². The molecule has 1 aliphatic heterocycles. The van der Waals surface area contributed by atoms with Crippen molar-refractivity contribution in [3.05, 3.63) is 65.9 Å². The van der Waals surface area contributed by atoms with E-state index in [9.17, 15) is 9.59 Å². The molecule has 3 aromatic rings. The van der Waals surface area contributed by atoms with Gasteiger partial charge in [-0.05, 0) is 61.4 Å². The first-order valence-electron chi connectivity index (χ1n) is 11.1. The van der Waals surface area contributed by atoms with E-state index in [0.717, 1.165) is 40.4 Å². The third-order valence-corrected chi connectivity index (χ3v) is 5.88. The van der Waals surface area contributed by atoms with E-state index in [4.69, 9.17) is 10.5 Å². The number of piperidine rings is 1. The van der Waals surface area contributed by atoms with Gasteiger partial charge in [0, 0.05) is 24.7 Å². The summed E-state index contributed by atoms with van der Waals surface area (Å²) in [6, 6.07) is 13.9. The highest BCUT2D eigenvalue weighted by Gasteiger charge is 2.23. The SMILES string of the molecule is CC(C)OC(=O)N1CCC(C=Cc2c[nH]c3c(C(N)=O)cc(-c4ccccc4)cc23)CC1. The van der Waals surface area contributed by atoms with Crippen LogP contribution in [0.2, 0.25) is 0 Å². The molecule has 0 atom stereocenters. The van der Waals surface area contributed by atoms with Crippen molar-refractivity contribution in [3.63, 3.8) is 0 Å². The van der Waals surface area contributed by atoms with E-state index in [1.54, 1.807) is 4.90 Å². The molecule has 3 N–H and O–H groups in total. The Labute approximate surface area is 188 Å². The number of H-pyrrole nitrogens is 1. The van der Waals surface area contributed by atoms with Crippen molar-refractivity contribution in [2.75, 3.05) is 13.1 Å². The number of amides is 2. The molecule has 2 aromatic carbocycles. The predicted molar refractivity (Wildman–Crippen MR) is 127 cm³/mol. The number of benzene rings is 2. The smallest absolute Gasteiger partial charge is 0.410 e. The van der Waals surface area contributed by atoms with Crippen LogP contribution in [-0.4, -0.2) is 41.1 Å². The van der Waals surface area contributed by atoms with E-state index in [1.807, 2.05) is 56.4 Å². The van der Waals surface area contributed by atoms with Gasteiger partial charge < -0.3 is 20.4 Å². The number of primary amides is 1. The van der Waals surface area contributed by atoms with Gasteiger partial charge in [0.25, 0.3) is 5.91 Å². The first kappa shape index (κ1) is 21.7. The van der Waals surface area contributed by atoms with E-state index in [2.05, 4.69) is 23.2 Å². The normalized spacial score (nSPS) is 15.0. The number of nitrogens with two attached hydrogens (primary N) is 1. The molecule has 6 nitrogen and oxygen atoms in total. The Balaban J connectivity index is 1.55. The number of likely N-dealkylation sites (tertiary alicyclic amines) is 1. The van der Waals surface area contributed by atoms with Gasteiger partial charge in [-0.15, -0.1) is 0 Å². The fraction of sp³-hybridized carbons (Fsp3) is 0.308. The quantitative estimate of drug-likeness (QED) is 0.582. The monoisotopic (exact) mass is 431 g/mol. The lowest BCUT2D eigenvalue weighted by atomic mass is 9.95. The van der Waals surface area contributed by atoms with Crippen molar-refractivity contribution < 1.29 is 14.3 Å². The number of aromatic nitrogens is 1. The Bertz CT molecular complexity index is 1140. The van der Waals surface area contributed by atoms with Crippen LogP contribution in [-0.2, 0) is 4.74 Å². The van der Waals surface area contributed by atoms with Gasteiger partial charge in [0.2, 0.25) is 0 Å². The molecule has 0 aliphatic carbocycles. The molecular weight excluding hydrogens is 402 g/mol. The Kier molecular flexibility index (Phi) is 6.30. The maximum absolute atomic E-state index is 12.1. The van der Waals surface area contributed by atoms with E-state index >= 15 is 0 Å². The van der Waals surface area contributed by atoms with Gasteiger partial charge in [-0.2, -0.15) is 0 Å². The molecule has 166 valence electrons. The van der Waals surface area contributed by atoms with Crippen LogP contribution in [0.5, 0.6) is 0 Å². The van der Waals surface area contributed by atoms with Crippen molar-refractivity contribution in [2.24, 2.45) is 11.7 Å². The number of nitrogens with one attached hydrogen (secondary N) is 1. The van der Waals surface area contributed by atoms with Crippen molar-refractivity contribution in [1.29, 1.82) is 0 Å². The Morgan fingerprint density at radius 2 is 1.84 bits per heavy atom. The van der Waals surface area contributed by atoms with Gasteiger partial charge in [-0.25, -0.2) is 4.79 Å². The summed E-state index contributed by atoms with van der Waals surface area (Å²) >= 11 is 0. The van der Waals surface area contributed by atoms with Crippen LogP contribution in [0.3, 0.4) is 0 Å². The molecule has 0 radical (unpaired) electrons. The van der Waals surface area contributed by atoms with Crippen LogP contribution < -0.4 is 5.73 Å². The highest BCUT2D eigenvalue weighted by Crippen LogP contribution is 2.31. The van der Waals surface area contributed by atoms with Gasteiger partial charge in [0.1, 0.15) is 0 Å². The van der Waals surface area contributed by atoms with Gasteiger partial charge in [-0.3, -0.25) is 4.79 Å². The number of rotatable bonds is 5. The van der Waals surface area contributed by atoms with Crippen LogP contribution in [0.1, 0.15) is 42.6 Å². The molecule has 1 fully saturated rings. The molecule has 1 saturated heterocycles. The second kappa shape index (κ2) is 9.30. The summed E-state index contributed by atoms with van der Waals surface area (Å²) in [5.41, 5.74) is 9.92. The third kappa shape index (κ3) is 4.69. The molecule has 1 aromatic heterocycles. The number of allylic oxidation sites excluding steroid dienone is 1. The van der Waals surface area contributed by atoms with Crippen molar-refractivity contribution in [2.45, 2.75) is 32.8 Å². The number of carbonyl (C=O) groups excluding carboxylic acids is 2. The van der Waals surface area contributed by atoms with Crippen LogP contribution in [0, 0.1) is 5.92 Å². The zero-order valence-electron chi connectivity index (χ0n) is 18.5. The van der Waals surface area contributed by atoms with Crippen LogP contribution in [0.4, 0.5) is 4.79 Å². The standard InChI is InChI=1S/C26H29N3O3/c1-17(2)32-26(31)29-12-10-18(11-13-29)8-9-20-16-28-24-22(20)14-21(15-23(24)25(27)30)19-6-4-3-5-7-19/h3-9,14-18,28H,10-13H2,1-2H3,(H2,27,30). The molecular formula is C26H29N3O3. The van der Waals surface area contributed by atoms with Gasteiger partial charge in [-0.1, -0.05) is 42.5 Å². The Morgan fingerprint density at radius 3 is 2.50 bits per heavy atom. The minimum Gasteiger partial charge on any atom is -0.447 e. The van der Waals surface area contributed by atoms with Gasteiger partial charge in [0.15, 0.2) is 0 Å². The van der Waals surface area contributed by atoms with Crippen molar-refractivity contribution >= 4 is 29.0 Å². The largest absolute Gasteiger partial charge is 0.447 e. The molecule has 32 heavy (non-hydrogen) atoms. The maximum atomic E-state index is 12.1. The van der Waals surface area contributed by atoms with Crippen molar-refractivity contribution in [3.8, 4) is 11.1 Å².